The first kappa shape index (κ1) is 15.0. The summed E-state index contributed by atoms with van der Waals surface area (Å²) < 4.78 is 14.8. The molecule has 1 saturated heterocycles. The second-order valence-electron chi connectivity index (χ2n) is 5.08. The summed E-state index contributed by atoms with van der Waals surface area (Å²) in [5.74, 6) is -1.73. The van der Waals surface area contributed by atoms with Crippen LogP contribution in [0.15, 0.2) is 22.7 Å². The average molecular weight is 344 g/mol. The number of likely N-dealkylation sites (tertiary alicyclic amines) is 1. The number of hydrogen-bond acceptors (Lipinski definition) is 2. The van der Waals surface area contributed by atoms with Gasteiger partial charge in [0.25, 0.3) is 0 Å². The lowest BCUT2D eigenvalue weighted by atomic mass is 10.1. The van der Waals surface area contributed by atoms with Crippen molar-refractivity contribution in [2.24, 2.45) is 0 Å². The molecule has 20 heavy (non-hydrogen) atoms. The summed E-state index contributed by atoms with van der Waals surface area (Å²) in [6, 6.07) is 5.59. The first-order chi connectivity index (χ1) is 9.32. The van der Waals surface area contributed by atoms with Crippen LogP contribution in [0.3, 0.4) is 0 Å². The average Bonchev–Trinajstić information content (AvgIpc) is 2.77. The summed E-state index contributed by atoms with van der Waals surface area (Å²) in [7, 11) is 0. The number of carboxylic acids is 1. The number of rotatable bonds is 3. The second-order valence-corrected chi connectivity index (χ2v) is 6.00. The van der Waals surface area contributed by atoms with Crippen LogP contribution < -0.4 is 0 Å². The van der Waals surface area contributed by atoms with Crippen molar-refractivity contribution >= 4 is 27.8 Å². The number of nitrogens with zero attached hydrogens (tertiary/aromatic N) is 1. The number of benzene rings is 1. The molecule has 1 aliphatic heterocycles. The molecule has 108 valence electrons. The van der Waals surface area contributed by atoms with Gasteiger partial charge in [0.1, 0.15) is 0 Å². The van der Waals surface area contributed by atoms with Crippen molar-refractivity contribution in [3.63, 3.8) is 0 Å². The van der Waals surface area contributed by atoms with Gasteiger partial charge in [-0.1, -0.05) is 22.0 Å². The van der Waals surface area contributed by atoms with E-state index in [0.29, 0.717) is 0 Å². The molecule has 1 amide bonds. The quantitative estimate of drug-likeness (QED) is 0.916. The standard InChI is InChI=1S/C14H15BrFNO3/c1-9-6-11(15)3-2-10(9)7-12(18)17-5-4-14(16,8-17)13(19)20/h2-3,6H,4-5,7-8H2,1H3,(H,19,20). The van der Waals surface area contributed by atoms with E-state index in [1.807, 2.05) is 25.1 Å². The molecule has 0 spiro atoms. The summed E-state index contributed by atoms with van der Waals surface area (Å²) in [6.07, 6.45) is 0.0161. The van der Waals surface area contributed by atoms with Gasteiger partial charge in [0, 0.05) is 17.4 Å². The fourth-order valence-corrected chi connectivity index (χ4v) is 2.77. The molecular formula is C14H15BrFNO3. The Kier molecular flexibility index (Phi) is 4.13. The van der Waals surface area contributed by atoms with Gasteiger partial charge >= 0.3 is 5.97 Å². The lowest BCUT2D eigenvalue weighted by molar-refractivity contribution is -0.150. The molecule has 1 aliphatic rings. The van der Waals surface area contributed by atoms with Crippen molar-refractivity contribution in [1.29, 1.82) is 0 Å². The maximum atomic E-state index is 13.9. The molecule has 0 bridgehead atoms. The number of halogens is 2. The highest BCUT2D eigenvalue weighted by Crippen LogP contribution is 2.27. The summed E-state index contributed by atoms with van der Waals surface area (Å²) in [5.41, 5.74) is -0.466. The smallest absolute Gasteiger partial charge is 0.343 e. The molecule has 1 aromatic carbocycles. The predicted molar refractivity (Wildman–Crippen MR) is 75.3 cm³/mol. The Labute approximate surface area is 124 Å². The fourth-order valence-electron chi connectivity index (χ4n) is 2.29. The number of aryl methyl sites for hydroxylation is 1. The van der Waals surface area contributed by atoms with Gasteiger partial charge in [-0.2, -0.15) is 0 Å². The van der Waals surface area contributed by atoms with Crippen molar-refractivity contribution in [2.45, 2.75) is 25.4 Å². The molecule has 1 unspecified atom stereocenters. The minimum atomic E-state index is -2.30. The maximum Gasteiger partial charge on any atom is 0.343 e. The largest absolute Gasteiger partial charge is 0.479 e. The predicted octanol–water partition coefficient (Wildman–Crippen LogP) is 2.33. The van der Waals surface area contributed by atoms with Crippen LogP contribution in [0.25, 0.3) is 0 Å². The first-order valence-electron chi connectivity index (χ1n) is 6.27. The van der Waals surface area contributed by atoms with E-state index >= 15 is 0 Å². The molecule has 6 heteroatoms. The van der Waals surface area contributed by atoms with Gasteiger partial charge in [0.2, 0.25) is 11.6 Å². The third-order valence-corrected chi connectivity index (χ3v) is 4.10. The molecule has 0 saturated carbocycles. The van der Waals surface area contributed by atoms with E-state index < -0.39 is 11.6 Å². The Morgan fingerprint density at radius 1 is 1.50 bits per heavy atom. The van der Waals surface area contributed by atoms with Gasteiger partial charge in [0.05, 0.1) is 13.0 Å². The molecule has 2 rings (SSSR count). The zero-order chi connectivity index (χ0) is 14.9. The van der Waals surface area contributed by atoms with Crippen LogP contribution in [0.1, 0.15) is 17.5 Å². The van der Waals surface area contributed by atoms with E-state index in [9.17, 15) is 14.0 Å². The fraction of sp³-hybridized carbons (Fsp3) is 0.429. The Balaban J connectivity index is 2.05. The molecule has 1 N–H and O–H groups in total. The second kappa shape index (κ2) is 5.52. The number of aliphatic carboxylic acids is 1. The van der Waals surface area contributed by atoms with Gasteiger partial charge < -0.3 is 10.0 Å². The van der Waals surface area contributed by atoms with E-state index in [1.165, 1.54) is 4.90 Å². The van der Waals surface area contributed by atoms with Crippen LogP contribution >= 0.6 is 15.9 Å². The molecule has 4 nitrogen and oxygen atoms in total. The lowest BCUT2D eigenvalue weighted by Crippen LogP contribution is -2.39. The molecule has 0 radical (unpaired) electrons. The van der Waals surface area contributed by atoms with E-state index in [-0.39, 0.29) is 31.8 Å². The zero-order valence-electron chi connectivity index (χ0n) is 11.0. The number of carboxylic acid groups (broad SMARTS) is 1. The van der Waals surface area contributed by atoms with Crippen LogP contribution in [-0.4, -0.2) is 40.6 Å². The summed E-state index contributed by atoms with van der Waals surface area (Å²) in [5, 5.41) is 8.82. The van der Waals surface area contributed by atoms with Crippen molar-refractivity contribution in [2.75, 3.05) is 13.1 Å². The van der Waals surface area contributed by atoms with Crippen LogP contribution in [0.2, 0.25) is 0 Å². The summed E-state index contributed by atoms with van der Waals surface area (Å²) in [4.78, 5) is 24.2. The molecule has 1 heterocycles. The third-order valence-electron chi connectivity index (χ3n) is 3.60. The van der Waals surface area contributed by atoms with Crippen LogP contribution in [-0.2, 0) is 16.0 Å². The number of amides is 1. The molecule has 1 fully saturated rings. The van der Waals surface area contributed by atoms with Gasteiger partial charge in [-0.05, 0) is 30.2 Å². The third kappa shape index (κ3) is 3.00. The van der Waals surface area contributed by atoms with Crippen molar-refractivity contribution in [3.8, 4) is 0 Å². The highest BCUT2D eigenvalue weighted by Gasteiger charge is 2.46. The molecule has 0 aromatic heterocycles. The zero-order valence-corrected chi connectivity index (χ0v) is 12.6. The summed E-state index contributed by atoms with van der Waals surface area (Å²) in [6.45, 7) is 1.68. The van der Waals surface area contributed by atoms with E-state index in [2.05, 4.69) is 15.9 Å². The minimum absolute atomic E-state index is 0.145. The maximum absolute atomic E-state index is 13.9. The van der Waals surface area contributed by atoms with E-state index in [0.717, 1.165) is 15.6 Å². The lowest BCUT2D eigenvalue weighted by Gasteiger charge is -2.18. The van der Waals surface area contributed by atoms with Crippen LogP contribution in [0.5, 0.6) is 0 Å². The molecular weight excluding hydrogens is 329 g/mol. The first-order valence-corrected chi connectivity index (χ1v) is 7.06. The van der Waals surface area contributed by atoms with Crippen molar-refractivity contribution in [1.82, 2.24) is 4.90 Å². The van der Waals surface area contributed by atoms with Crippen LogP contribution in [0.4, 0.5) is 4.39 Å². The van der Waals surface area contributed by atoms with Crippen molar-refractivity contribution < 1.29 is 19.1 Å². The van der Waals surface area contributed by atoms with Gasteiger partial charge in [0.15, 0.2) is 0 Å². The van der Waals surface area contributed by atoms with Gasteiger partial charge in [-0.25, -0.2) is 9.18 Å². The normalized spacial score (nSPS) is 22.1. The number of carbonyl (C=O) groups excluding carboxylic acids is 1. The highest BCUT2D eigenvalue weighted by atomic mass is 79.9. The Morgan fingerprint density at radius 2 is 2.20 bits per heavy atom. The number of hydrogen-bond donors (Lipinski definition) is 1. The SMILES string of the molecule is Cc1cc(Br)ccc1CC(=O)N1CCC(F)(C(=O)O)C1. The topological polar surface area (TPSA) is 57.6 Å². The highest BCUT2D eigenvalue weighted by molar-refractivity contribution is 9.10. The Hall–Kier alpha value is -1.43. The molecule has 1 atom stereocenters. The monoisotopic (exact) mass is 343 g/mol. The number of carbonyl (C=O) groups is 2. The van der Waals surface area contributed by atoms with E-state index in [1.54, 1.807) is 0 Å². The van der Waals surface area contributed by atoms with Crippen LogP contribution in [0, 0.1) is 6.92 Å². The Morgan fingerprint density at radius 3 is 2.75 bits per heavy atom. The van der Waals surface area contributed by atoms with E-state index in [4.69, 9.17) is 5.11 Å². The summed E-state index contributed by atoms with van der Waals surface area (Å²) >= 11 is 3.35. The molecule has 0 aliphatic carbocycles. The molecule has 1 aromatic rings. The minimum Gasteiger partial charge on any atom is -0.479 e. The van der Waals surface area contributed by atoms with Gasteiger partial charge in [-0.15, -0.1) is 0 Å². The Bertz CT molecular complexity index is 563. The van der Waals surface area contributed by atoms with Gasteiger partial charge in [-0.3, -0.25) is 4.79 Å². The number of alkyl halides is 1. The van der Waals surface area contributed by atoms with Crippen molar-refractivity contribution in [3.05, 3.63) is 33.8 Å².